The summed E-state index contributed by atoms with van der Waals surface area (Å²) in [5.74, 6) is 0. The Kier molecular flexibility index (Phi) is 71.2. The minimum atomic E-state index is 0. The molecule has 0 saturated carbocycles. The molecule has 0 aliphatic carbocycles. The zero-order valence-electron chi connectivity index (χ0n) is 7.83. The van der Waals surface area contributed by atoms with E-state index in [9.17, 15) is 0 Å². The number of unbranched alkanes of at least 4 members (excludes halogenated alkanes) is 5. The molecule has 0 nitrogen and oxygen atoms in total. The monoisotopic (exact) mass is 318 g/mol. The SMILES string of the molecule is [Br-].[Br-].[CH2-]CCCCCC[CH2-].[Mg+2].[Mg+2]. The molecular formula is C8H16Br2Mg2. The molecule has 0 N–H and O–H groups in total. The van der Waals surface area contributed by atoms with E-state index in [0.29, 0.717) is 0 Å². The normalized spacial score (nSPS) is 6.50. The Balaban J connectivity index is -0.0000000408. The second-order valence-electron chi connectivity index (χ2n) is 2.12. The van der Waals surface area contributed by atoms with Gasteiger partial charge in [0, 0.05) is 0 Å². The molecule has 0 bridgehead atoms. The van der Waals surface area contributed by atoms with E-state index < -0.39 is 0 Å². The van der Waals surface area contributed by atoms with Crippen LogP contribution in [0.5, 0.6) is 0 Å². The molecule has 0 aliphatic heterocycles. The molecule has 4 heteroatoms. The predicted molar refractivity (Wildman–Crippen MR) is 49.9 cm³/mol. The van der Waals surface area contributed by atoms with Gasteiger partial charge < -0.3 is 47.8 Å². The molecule has 66 valence electrons. The summed E-state index contributed by atoms with van der Waals surface area (Å²) in [6, 6.07) is 0. The molecule has 0 amide bonds. The Morgan fingerprint density at radius 1 is 0.583 bits per heavy atom. The summed E-state index contributed by atoms with van der Waals surface area (Å²) in [5.41, 5.74) is 0. The largest absolute Gasteiger partial charge is 2.00 e. The molecule has 12 heavy (non-hydrogen) atoms. The molecule has 0 aromatic carbocycles. The van der Waals surface area contributed by atoms with Crippen LogP contribution in [0.4, 0.5) is 0 Å². The minimum Gasteiger partial charge on any atom is -1.00 e. The van der Waals surface area contributed by atoms with E-state index in [0.717, 1.165) is 12.8 Å². The minimum absolute atomic E-state index is 0. The summed E-state index contributed by atoms with van der Waals surface area (Å²) in [6.45, 7) is 7.54. The van der Waals surface area contributed by atoms with Crippen LogP contribution in [-0.4, -0.2) is 46.1 Å². The molecule has 0 unspecified atom stereocenters. The molecule has 0 aromatic rings. The van der Waals surface area contributed by atoms with Crippen molar-refractivity contribution in [2.24, 2.45) is 0 Å². The molecule has 0 atom stereocenters. The zero-order valence-corrected chi connectivity index (χ0v) is 13.8. The van der Waals surface area contributed by atoms with E-state index in [1.165, 1.54) is 25.7 Å². The zero-order chi connectivity index (χ0) is 6.24. The van der Waals surface area contributed by atoms with Gasteiger partial charge in [-0.05, 0) is 0 Å². The summed E-state index contributed by atoms with van der Waals surface area (Å²) in [4.78, 5) is 0. The van der Waals surface area contributed by atoms with Gasteiger partial charge in [0.05, 0.1) is 0 Å². The molecule has 0 radical (unpaired) electrons. The molecule has 0 saturated heterocycles. The van der Waals surface area contributed by atoms with Gasteiger partial charge in [-0.15, -0.1) is 0 Å². The van der Waals surface area contributed by atoms with Gasteiger partial charge >= 0.3 is 46.1 Å². The van der Waals surface area contributed by atoms with E-state index in [1.807, 2.05) is 0 Å². The van der Waals surface area contributed by atoms with Crippen molar-refractivity contribution in [3.63, 3.8) is 0 Å². The van der Waals surface area contributed by atoms with E-state index in [-0.39, 0.29) is 80.1 Å². The fraction of sp³-hybridized carbons (Fsp3) is 0.750. The topological polar surface area (TPSA) is 0 Å². The third-order valence-corrected chi connectivity index (χ3v) is 1.25. The first-order valence-corrected chi connectivity index (χ1v) is 3.50. The van der Waals surface area contributed by atoms with Crippen molar-refractivity contribution in [1.82, 2.24) is 0 Å². The summed E-state index contributed by atoms with van der Waals surface area (Å²) in [7, 11) is 0. The Bertz CT molecular complexity index is 40.0. The van der Waals surface area contributed by atoms with Crippen molar-refractivity contribution in [3.05, 3.63) is 13.8 Å². The van der Waals surface area contributed by atoms with Crippen LogP contribution >= 0.6 is 0 Å². The summed E-state index contributed by atoms with van der Waals surface area (Å²) in [6.07, 6.45) is 7.46. The molecule has 0 heterocycles. The van der Waals surface area contributed by atoms with Crippen LogP contribution in [0.1, 0.15) is 38.5 Å². The molecule has 0 rings (SSSR count). The van der Waals surface area contributed by atoms with Crippen LogP contribution in [0.2, 0.25) is 0 Å². The first kappa shape index (κ1) is 29.3. The predicted octanol–water partition coefficient (Wildman–Crippen LogP) is -3.76. The maximum Gasteiger partial charge on any atom is 2.00 e. The van der Waals surface area contributed by atoms with E-state index in [1.54, 1.807) is 0 Å². The van der Waals surface area contributed by atoms with Crippen LogP contribution in [0.3, 0.4) is 0 Å². The maximum atomic E-state index is 3.77. The van der Waals surface area contributed by atoms with Crippen LogP contribution in [-0.2, 0) is 0 Å². The number of hydrogen-bond donors (Lipinski definition) is 0. The van der Waals surface area contributed by atoms with Gasteiger partial charge in [-0.25, -0.2) is 0 Å². The van der Waals surface area contributed by atoms with Crippen molar-refractivity contribution in [1.29, 1.82) is 0 Å². The Labute approximate surface area is 131 Å². The molecular weight excluding hydrogens is 305 g/mol. The third-order valence-electron chi connectivity index (χ3n) is 1.25. The van der Waals surface area contributed by atoms with Crippen LogP contribution < -0.4 is 34.0 Å². The number of hydrogen-bond acceptors (Lipinski definition) is 0. The summed E-state index contributed by atoms with van der Waals surface area (Å²) in [5, 5.41) is 0. The molecule has 0 fully saturated rings. The van der Waals surface area contributed by atoms with Gasteiger partial charge in [-0.1, -0.05) is 25.7 Å². The number of rotatable bonds is 5. The van der Waals surface area contributed by atoms with Crippen LogP contribution in [0, 0.1) is 13.8 Å². The van der Waals surface area contributed by atoms with E-state index in [4.69, 9.17) is 0 Å². The second-order valence-corrected chi connectivity index (χ2v) is 2.12. The van der Waals surface area contributed by atoms with Crippen molar-refractivity contribution >= 4 is 46.1 Å². The van der Waals surface area contributed by atoms with Gasteiger partial charge in [0.25, 0.3) is 0 Å². The Morgan fingerprint density at radius 2 is 0.833 bits per heavy atom. The quantitative estimate of drug-likeness (QED) is 0.277. The summed E-state index contributed by atoms with van der Waals surface area (Å²) < 4.78 is 0. The van der Waals surface area contributed by atoms with Crippen molar-refractivity contribution in [2.75, 3.05) is 0 Å². The van der Waals surface area contributed by atoms with Crippen molar-refractivity contribution in [3.8, 4) is 0 Å². The average molecular weight is 321 g/mol. The Morgan fingerprint density at radius 3 is 1.00 bits per heavy atom. The summed E-state index contributed by atoms with van der Waals surface area (Å²) >= 11 is 0. The molecule has 0 spiro atoms. The fourth-order valence-corrected chi connectivity index (χ4v) is 0.707. The van der Waals surface area contributed by atoms with Crippen molar-refractivity contribution < 1.29 is 34.0 Å². The smallest absolute Gasteiger partial charge is 1.00 e. The van der Waals surface area contributed by atoms with Gasteiger partial charge in [0.15, 0.2) is 0 Å². The fourth-order valence-electron chi connectivity index (χ4n) is 0.707. The van der Waals surface area contributed by atoms with Gasteiger partial charge in [0.1, 0.15) is 0 Å². The van der Waals surface area contributed by atoms with E-state index in [2.05, 4.69) is 13.8 Å². The average Bonchev–Trinajstić information content (AvgIpc) is 1.81. The first-order valence-electron chi connectivity index (χ1n) is 3.50. The van der Waals surface area contributed by atoms with Gasteiger partial charge in [0.2, 0.25) is 0 Å². The third kappa shape index (κ3) is 29.4. The number of halogens is 2. The van der Waals surface area contributed by atoms with E-state index >= 15 is 0 Å². The Hall–Kier alpha value is 2.49. The standard InChI is InChI=1S/C8H16.2BrH.2Mg/c1-3-5-7-8-6-4-2;;;;/h1-8H2;2*1H;;/q-2;;;2*+2/p-2. The molecule has 0 aliphatic rings. The molecule has 0 aromatic heterocycles. The van der Waals surface area contributed by atoms with Crippen LogP contribution in [0.15, 0.2) is 0 Å². The maximum absolute atomic E-state index is 3.77. The van der Waals surface area contributed by atoms with Crippen LogP contribution in [0.25, 0.3) is 0 Å². The van der Waals surface area contributed by atoms with Crippen molar-refractivity contribution in [2.45, 2.75) is 38.5 Å². The van der Waals surface area contributed by atoms with Gasteiger partial charge in [-0.3, -0.25) is 0 Å². The van der Waals surface area contributed by atoms with Gasteiger partial charge in [-0.2, -0.15) is 12.8 Å². The first-order chi connectivity index (χ1) is 3.91. The second kappa shape index (κ2) is 29.2.